The third-order valence-corrected chi connectivity index (χ3v) is 7.40. The maximum atomic E-state index is 12.9. The second-order valence-electron chi connectivity index (χ2n) is 7.60. The van der Waals surface area contributed by atoms with Gasteiger partial charge in [0.1, 0.15) is 24.3 Å². The number of benzene rings is 2. The standard InChI is InChI=1S/C22H23F3N3OPS/c1-15(16-5-4-6-17(11-16)22(23,24)25)13-31-21-12-20(26-14-27-21)28-18-7-9-19(10-8-18)30(2,3)29/h4-12,14-15H,13H2,1-3H3,(H,26,27,28). The minimum atomic E-state index is -4.35. The fourth-order valence-corrected chi connectivity index (χ4v) is 4.66. The summed E-state index contributed by atoms with van der Waals surface area (Å²) in [7, 11) is -2.30. The summed E-state index contributed by atoms with van der Waals surface area (Å²) in [5, 5.41) is 4.72. The zero-order valence-electron chi connectivity index (χ0n) is 17.3. The van der Waals surface area contributed by atoms with Crippen LogP contribution in [0.15, 0.2) is 66.0 Å². The molecule has 0 aliphatic heterocycles. The largest absolute Gasteiger partial charge is 0.416 e. The Morgan fingerprint density at radius 1 is 1.06 bits per heavy atom. The molecule has 1 unspecified atom stereocenters. The van der Waals surface area contributed by atoms with Gasteiger partial charge in [0, 0.05) is 22.8 Å². The van der Waals surface area contributed by atoms with Crippen molar-refractivity contribution >= 4 is 35.7 Å². The van der Waals surface area contributed by atoms with E-state index in [4.69, 9.17) is 0 Å². The Morgan fingerprint density at radius 2 is 1.77 bits per heavy atom. The summed E-state index contributed by atoms with van der Waals surface area (Å²) >= 11 is 1.46. The SMILES string of the molecule is CC(CSc1cc(Nc2ccc(P(C)(C)=O)cc2)ncn1)c1cccc(C(F)(F)F)c1. The van der Waals surface area contributed by atoms with Crippen molar-refractivity contribution in [3.8, 4) is 0 Å². The second-order valence-corrected chi connectivity index (χ2v) is 11.9. The van der Waals surface area contributed by atoms with Crippen LogP contribution in [-0.4, -0.2) is 29.1 Å². The van der Waals surface area contributed by atoms with Crippen LogP contribution in [0.1, 0.15) is 24.0 Å². The van der Waals surface area contributed by atoms with E-state index < -0.39 is 18.9 Å². The van der Waals surface area contributed by atoms with Gasteiger partial charge in [-0.3, -0.25) is 0 Å². The van der Waals surface area contributed by atoms with Crippen LogP contribution in [0.5, 0.6) is 0 Å². The van der Waals surface area contributed by atoms with Crippen molar-refractivity contribution < 1.29 is 17.7 Å². The summed E-state index contributed by atoms with van der Waals surface area (Å²) in [6.45, 7) is 5.35. The molecule has 0 radical (unpaired) electrons. The molecule has 0 fully saturated rings. The van der Waals surface area contributed by atoms with E-state index in [2.05, 4.69) is 15.3 Å². The van der Waals surface area contributed by atoms with Crippen LogP contribution in [0, 0.1) is 0 Å². The Hall–Kier alpha value is -2.31. The van der Waals surface area contributed by atoms with Crippen molar-refractivity contribution in [1.82, 2.24) is 9.97 Å². The number of nitrogens with zero attached hydrogens (tertiary/aromatic N) is 2. The molecular formula is C22H23F3N3OPS. The van der Waals surface area contributed by atoms with Gasteiger partial charge in [0.25, 0.3) is 0 Å². The molecule has 2 aromatic carbocycles. The van der Waals surface area contributed by atoms with Gasteiger partial charge in [0.15, 0.2) is 0 Å². The van der Waals surface area contributed by atoms with Gasteiger partial charge in [-0.05, 0) is 55.1 Å². The van der Waals surface area contributed by atoms with Crippen LogP contribution in [0.2, 0.25) is 0 Å². The fourth-order valence-electron chi connectivity index (χ4n) is 2.87. The van der Waals surface area contributed by atoms with Gasteiger partial charge in [-0.15, -0.1) is 11.8 Å². The number of nitrogens with one attached hydrogen (secondary N) is 1. The molecular weight excluding hydrogens is 442 g/mol. The first kappa shape index (κ1) is 23.4. The summed E-state index contributed by atoms with van der Waals surface area (Å²) in [6.07, 6.45) is -2.90. The van der Waals surface area contributed by atoms with Gasteiger partial charge in [0.05, 0.1) is 5.56 Å². The van der Waals surface area contributed by atoms with Crippen molar-refractivity contribution in [2.45, 2.75) is 24.0 Å². The van der Waals surface area contributed by atoms with Gasteiger partial charge in [0.2, 0.25) is 0 Å². The quantitative estimate of drug-likeness (QED) is 0.249. The van der Waals surface area contributed by atoms with E-state index in [0.29, 0.717) is 17.1 Å². The third-order valence-electron chi connectivity index (χ3n) is 4.67. The van der Waals surface area contributed by atoms with Crippen molar-refractivity contribution in [2.24, 2.45) is 0 Å². The Balaban J connectivity index is 1.64. The molecule has 1 heterocycles. The van der Waals surface area contributed by atoms with Crippen molar-refractivity contribution in [3.63, 3.8) is 0 Å². The molecule has 164 valence electrons. The number of halogens is 3. The van der Waals surface area contributed by atoms with Crippen LogP contribution in [-0.2, 0) is 10.7 Å². The number of rotatable bonds is 7. The molecule has 31 heavy (non-hydrogen) atoms. The Kier molecular flexibility index (Phi) is 7.12. The zero-order valence-corrected chi connectivity index (χ0v) is 19.1. The van der Waals surface area contributed by atoms with E-state index in [-0.39, 0.29) is 5.92 Å². The molecule has 0 aliphatic carbocycles. The van der Waals surface area contributed by atoms with E-state index in [1.165, 1.54) is 30.2 Å². The predicted octanol–water partition coefficient (Wildman–Crippen LogP) is 6.38. The average molecular weight is 465 g/mol. The van der Waals surface area contributed by atoms with Crippen molar-refractivity contribution in [2.75, 3.05) is 24.4 Å². The summed E-state index contributed by atoms with van der Waals surface area (Å²) in [6, 6.07) is 14.6. The minimum absolute atomic E-state index is 0.0787. The first-order valence-electron chi connectivity index (χ1n) is 9.57. The van der Waals surface area contributed by atoms with E-state index in [1.807, 2.05) is 31.2 Å². The molecule has 0 saturated heterocycles. The molecule has 0 spiro atoms. The summed E-state index contributed by atoms with van der Waals surface area (Å²) in [5.74, 6) is 1.10. The predicted molar refractivity (Wildman–Crippen MR) is 121 cm³/mol. The summed E-state index contributed by atoms with van der Waals surface area (Å²) in [5.41, 5.74) is 0.812. The molecule has 4 nitrogen and oxygen atoms in total. The maximum absolute atomic E-state index is 12.9. The van der Waals surface area contributed by atoms with Crippen LogP contribution in [0.3, 0.4) is 0 Å². The van der Waals surface area contributed by atoms with E-state index in [1.54, 1.807) is 25.5 Å². The van der Waals surface area contributed by atoms with Crippen LogP contribution >= 0.6 is 18.9 Å². The van der Waals surface area contributed by atoms with E-state index in [0.717, 1.165) is 22.1 Å². The molecule has 0 amide bonds. The Labute approximate surface area is 184 Å². The maximum Gasteiger partial charge on any atom is 0.416 e. The van der Waals surface area contributed by atoms with Gasteiger partial charge >= 0.3 is 6.18 Å². The molecule has 3 aromatic rings. The number of hydrogen-bond donors (Lipinski definition) is 1. The summed E-state index contributed by atoms with van der Waals surface area (Å²) < 4.78 is 51.0. The second kappa shape index (κ2) is 9.45. The summed E-state index contributed by atoms with van der Waals surface area (Å²) in [4.78, 5) is 8.46. The lowest BCUT2D eigenvalue weighted by Crippen LogP contribution is -2.06. The highest BCUT2D eigenvalue weighted by atomic mass is 32.2. The molecule has 9 heteroatoms. The van der Waals surface area contributed by atoms with Crippen molar-refractivity contribution in [3.05, 3.63) is 72.1 Å². The lowest BCUT2D eigenvalue weighted by molar-refractivity contribution is -0.137. The number of anilines is 2. The number of thioether (sulfide) groups is 1. The number of alkyl halides is 3. The topological polar surface area (TPSA) is 54.9 Å². The fraction of sp³-hybridized carbons (Fsp3) is 0.273. The minimum Gasteiger partial charge on any atom is -0.340 e. The normalized spacial score (nSPS) is 13.1. The first-order chi connectivity index (χ1) is 14.5. The molecule has 0 aliphatic rings. The molecule has 1 N–H and O–H groups in total. The number of hydrogen-bond acceptors (Lipinski definition) is 5. The van der Waals surface area contributed by atoms with Gasteiger partial charge in [-0.1, -0.05) is 25.1 Å². The monoisotopic (exact) mass is 465 g/mol. The van der Waals surface area contributed by atoms with E-state index in [9.17, 15) is 17.7 Å². The molecule has 0 saturated carbocycles. The first-order valence-corrected chi connectivity index (χ1v) is 13.2. The lowest BCUT2D eigenvalue weighted by atomic mass is 10.0. The lowest BCUT2D eigenvalue weighted by Gasteiger charge is -2.14. The van der Waals surface area contributed by atoms with Gasteiger partial charge in [-0.2, -0.15) is 13.2 Å². The Bertz CT molecular complexity index is 1080. The number of aromatic nitrogens is 2. The highest BCUT2D eigenvalue weighted by molar-refractivity contribution is 7.99. The van der Waals surface area contributed by atoms with Crippen molar-refractivity contribution in [1.29, 1.82) is 0 Å². The molecule has 3 rings (SSSR count). The van der Waals surface area contributed by atoms with Crippen LogP contribution in [0.25, 0.3) is 0 Å². The van der Waals surface area contributed by atoms with Gasteiger partial charge < -0.3 is 9.88 Å². The smallest absolute Gasteiger partial charge is 0.340 e. The molecule has 1 atom stereocenters. The van der Waals surface area contributed by atoms with Gasteiger partial charge in [-0.25, -0.2) is 9.97 Å². The zero-order chi connectivity index (χ0) is 22.6. The molecule has 0 bridgehead atoms. The van der Waals surface area contributed by atoms with E-state index >= 15 is 0 Å². The highest BCUT2D eigenvalue weighted by Gasteiger charge is 2.30. The highest BCUT2D eigenvalue weighted by Crippen LogP contribution is 2.35. The third kappa shape index (κ3) is 6.58. The average Bonchev–Trinajstić information content (AvgIpc) is 2.71. The molecule has 1 aromatic heterocycles. The van der Waals surface area contributed by atoms with Crippen LogP contribution < -0.4 is 10.6 Å². The van der Waals surface area contributed by atoms with Crippen LogP contribution in [0.4, 0.5) is 24.7 Å². The Morgan fingerprint density at radius 3 is 2.42 bits per heavy atom.